The minimum atomic E-state index is -0.507. The second-order valence-electron chi connectivity index (χ2n) is 2.40. The summed E-state index contributed by atoms with van der Waals surface area (Å²) in [6.45, 7) is -0.462. The van der Waals surface area contributed by atoms with Crippen molar-refractivity contribution in [3.05, 3.63) is 28.8 Å². The second kappa shape index (κ2) is 5.45. The predicted octanol–water partition coefficient (Wildman–Crippen LogP) is 3.58. The third kappa shape index (κ3) is 2.85. The van der Waals surface area contributed by atoms with Gasteiger partial charge in [0, 0.05) is 10.9 Å². The Balaban J connectivity index is 2.87. The average molecular weight is 268 g/mol. The highest BCUT2D eigenvalue weighted by Crippen LogP contribution is 2.29. The Hall–Kier alpha value is -0.280. The van der Waals surface area contributed by atoms with Crippen LogP contribution in [0.3, 0.4) is 0 Å². The number of alkyl halides is 2. The van der Waals surface area contributed by atoms with E-state index in [2.05, 4.69) is 15.9 Å². The normalized spacial score (nSPS) is 10.1. The maximum atomic E-state index is 11.9. The highest BCUT2D eigenvalue weighted by Gasteiger charge is 2.06. The van der Waals surface area contributed by atoms with Gasteiger partial charge in [-0.25, -0.2) is 4.39 Å². The molecule has 0 atom stereocenters. The van der Waals surface area contributed by atoms with E-state index >= 15 is 0 Å². The first kappa shape index (κ1) is 10.8. The molecule has 1 nitrogen and oxygen atoms in total. The minimum absolute atomic E-state index is 0.0454. The molecule has 0 bridgehead atoms. The Morgan fingerprint density at radius 1 is 1.46 bits per heavy atom. The van der Waals surface area contributed by atoms with Crippen LogP contribution in [-0.4, -0.2) is 13.3 Å². The average Bonchev–Trinajstić information content (AvgIpc) is 2.15. The van der Waals surface area contributed by atoms with Crippen LogP contribution in [0.4, 0.5) is 4.39 Å². The maximum Gasteiger partial charge on any atom is 0.142 e. The van der Waals surface area contributed by atoms with Crippen LogP contribution in [0.1, 0.15) is 5.56 Å². The summed E-state index contributed by atoms with van der Waals surface area (Å²) in [6, 6.07) is 5.44. The van der Waals surface area contributed by atoms with Gasteiger partial charge in [0.25, 0.3) is 0 Å². The van der Waals surface area contributed by atoms with Crippen LogP contribution in [0.15, 0.2) is 18.2 Å². The number of hydrogen-bond donors (Lipinski definition) is 0. The van der Waals surface area contributed by atoms with E-state index in [9.17, 15) is 4.39 Å². The van der Waals surface area contributed by atoms with Crippen molar-refractivity contribution in [2.75, 3.05) is 13.3 Å². The maximum absolute atomic E-state index is 11.9. The van der Waals surface area contributed by atoms with E-state index < -0.39 is 6.67 Å². The lowest BCUT2D eigenvalue weighted by Crippen LogP contribution is -2.01. The Bertz CT molecular complexity index is 280. The molecule has 0 unspecified atom stereocenters. The van der Waals surface area contributed by atoms with Crippen LogP contribution in [0.25, 0.3) is 0 Å². The summed E-state index contributed by atoms with van der Waals surface area (Å²) in [5, 5.41) is 1.17. The van der Waals surface area contributed by atoms with Crippen LogP contribution in [-0.2, 0) is 5.33 Å². The summed E-state index contributed by atoms with van der Waals surface area (Å²) < 4.78 is 17.0. The largest absolute Gasteiger partial charge is 0.489 e. The lowest BCUT2D eigenvalue weighted by Gasteiger charge is -2.09. The Morgan fingerprint density at radius 3 is 2.85 bits per heavy atom. The molecule has 1 rings (SSSR count). The van der Waals surface area contributed by atoms with Crippen molar-refractivity contribution in [3.63, 3.8) is 0 Å². The molecule has 0 saturated carbocycles. The van der Waals surface area contributed by atoms with E-state index in [1.165, 1.54) is 0 Å². The molecule has 0 amide bonds. The quantitative estimate of drug-likeness (QED) is 0.758. The van der Waals surface area contributed by atoms with E-state index in [0.717, 1.165) is 5.56 Å². The number of hydrogen-bond acceptors (Lipinski definition) is 1. The van der Waals surface area contributed by atoms with Gasteiger partial charge in [0.1, 0.15) is 19.0 Å². The number of para-hydroxylation sites is 1. The summed E-state index contributed by atoms with van der Waals surface area (Å²) in [5.41, 5.74) is 0.931. The molecular weight excluding hydrogens is 258 g/mol. The van der Waals surface area contributed by atoms with E-state index in [1.807, 2.05) is 12.1 Å². The standard InChI is InChI=1S/C9H9BrClFO/c10-6-7-2-1-3-8(11)9(7)13-5-4-12/h1-3H,4-6H2. The first-order valence-electron chi connectivity index (χ1n) is 3.81. The van der Waals surface area contributed by atoms with Crippen molar-refractivity contribution in [1.29, 1.82) is 0 Å². The van der Waals surface area contributed by atoms with Gasteiger partial charge in [-0.05, 0) is 6.07 Å². The Morgan fingerprint density at radius 2 is 2.23 bits per heavy atom. The molecule has 1 aromatic carbocycles. The first-order chi connectivity index (χ1) is 6.29. The molecule has 0 aromatic heterocycles. The Kier molecular flexibility index (Phi) is 4.53. The van der Waals surface area contributed by atoms with E-state index in [4.69, 9.17) is 16.3 Å². The third-order valence-electron chi connectivity index (χ3n) is 1.52. The molecule has 4 heteroatoms. The first-order valence-corrected chi connectivity index (χ1v) is 5.31. The highest BCUT2D eigenvalue weighted by atomic mass is 79.9. The minimum Gasteiger partial charge on any atom is -0.489 e. The number of ether oxygens (including phenoxy) is 1. The lowest BCUT2D eigenvalue weighted by molar-refractivity contribution is 0.272. The molecule has 0 fully saturated rings. The molecule has 0 aliphatic carbocycles. The third-order valence-corrected chi connectivity index (χ3v) is 2.42. The van der Waals surface area contributed by atoms with Gasteiger partial charge >= 0.3 is 0 Å². The zero-order valence-electron chi connectivity index (χ0n) is 6.90. The van der Waals surface area contributed by atoms with Crippen LogP contribution in [0.2, 0.25) is 5.02 Å². The van der Waals surface area contributed by atoms with Gasteiger partial charge in [-0.1, -0.05) is 39.7 Å². The summed E-state index contributed by atoms with van der Waals surface area (Å²) in [6.07, 6.45) is 0. The van der Waals surface area contributed by atoms with Gasteiger partial charge < -0.3 is 4.74 Å². The molecule has 0 saturated heterocycles. The molecule has 0 N–H and O–H groups in total. The monoisotopic (exact) mass is 266 g/mol. The van der Waals surface area contributed by atoms with Crippen LogP contribution in [0.5, 0.6) is 5.75 Å². The molecule has 72 valence electrons. The van der Waals surface area contributed by atoms with Gasteiger partial charge in [-0.3, -0.25) is 0 Å². The van der Waals surface area contributed by atoms with E-state index in [-0.39, 0.29) is 6.61 Å². The van der Waals surface area contributed by atoms with Crippen molar-refractivity contribution >= 4 is 27.5 Å². The van der Waals surface area contributed by atoms with E-state index in [1.54, 1.807) is 6.07 Å². The van der Waals surface area contributed by atoms with Gasteiger partial charge in [-0.2, -0.15) is 0 Å². The summed E-state index contributed by atoms with van der Waals surface area (Å²) in [7, 11) is 0. The molecule has 0 heterocycles. The zero-order valence-corrected chi connectivity index (χ0v) is 9.24. The summed E-state index contributed by atoms with van der Waals surface area (Å²) >= 11 is 9.18. The van der Waals surface area contributed by atoms with Gasteiger partial charge in [-0.15, -0.1) is 0 Å². The van der Waals surface area contributed by atoms with Crippen molar-refractivity contribution in [2.45, 2.75) is 5.33 Å². The van der Waals surface area contributed by atoms with E-state index in [0.29, 0.717) is 16.1 Å². The van der Waals surface area contributed by atoms with Crippen molar-refractivity contribution < 1.29 is 9.13 Å². The van der Waals surface area contributed by atoms with Crippen molar-refractivity contribution in [3.8, 4) is 5.75 Å². The smallest absolute Gasteiger partial charge is 0.142 e. The second-order valence-corrected chi connectivity index (χ2v) is 3.37. The summed E-state index contributed by atoms with van der Waals surface area (Å²) in [5.74, 6) is 0.568. The van der Waals surface area contributed by atoms with Gasteiger partial charge in [0.05, 0.1) is 5.02 Å². The van der Waals surface area contributed by atoms with Crippen molar-refractivity contribution in [1.82, 2.24) is 0 Å². The molecule has 13 heavy (non-hydrogen) atoms. The molecule has 0 aliphatic heterocycles. The van der Waals surface area contributed by atoms with Gasteiger partial charge in [0.2, 0.25) is 0 Å². The zero-order chi connectivity index (χ0) is 9.68. The molecule has 0 aliphatic rings. The Labute approximate surface area is 90.0 Å². The number of rotatable bonds is 4. The number of halogens is 3. The fourth-order valence-electron chi connectivity index (χ4n) is 0.961. The van der Waals surface area contributed by atoms with Crippen LogP contribution < -0.4 is 4.74 Å². The topological polar surface area (TPSA) is 9.23 Å². The predicted molar refractivity (Wildman–Crippen MR) is 55.6 cm³/mol. The van der Waals surface area contributed by atoms with Crippen LogP contribution in [0, 0.1) is 0 Å². The summed E-state index contributed by atoms with van der Waals surface area (Å²) in [4.78, 5) is 0. The van der Waals surface area contributed by atoms with Crippen molar-refractivity contribution in [2.24, 2.45) is 0 Å². The highest BCUT2D eigenvalue weighted by molar-refractivity contribution is 9.08. The fraction of sp³-hybridized carbons (Fsp3) is 0.333. The fourth-order valence-corrected chi connectivity index (χ4v) is 1.65. The molecule has 1 aromatic rings. The lowest BCUT2D eigenvalue weighted by atomic mass is 10.2. The molecular formula is C9H9BrClFO. The molecule has 0 radical (unpaired) electrons. The van der Waals surface area contributed by atoms with Gasteiger partial charge in [0.15, 0.2) is 0 Å². The molecule has 0 spiro atoms. The number of benzene rings is 1. The SMILES string of the molecule is FCCOc1c(Cl)cccc1CBr. The van der Waals surface area contributed by atoms with Crippen LogP contribution >= 0.6 is 27.5 Å².